The number of carbonyl (C=O) groups excluding carboxylic acids is 2. The first-order valence-electron chi connectivity index (χ1n) is 9.00. The molecule has 0 aromatic heterocycles. The maximum absolute atomic E-state index is 12.7. The molecule has 4 nitrogen and oxygen atoms in total. The summed E-state index contributed by atoms with van der Waals surface area (Å²) < 4.78 is 5.16. The van der Waals surface area contributed by atoms with Crippen molar-refractivity contribution in [2.45, 2.75) is 30.4 Å². The van der Waals surface area contributed by atoms with Gasteiger partial charge in [-0.05, 0) is 37.1 Å². The molecule has 0 bridgehead atoms. The Labute approximate surface area is 164 Å². The van der Waals surface area contributed by atoms with Crippen molar-refractivity contribution in [1.29, 1.82) is 0 Å². The summed E-state index contributed by atoms with van der Waals surface area (Å²) >= 11 is 1.77. The number of esters is 1. The average Bonchev–Trinajstić information content (AvgIpc) is 2.84. The summed E-state index contributed by atoms with van der Waals surface area (Å²) in [5, 5.41) is 0.434. The molecule has 1 atom stereocenters. The molecule has 1 aliphatic rings. The summed E-state index contributed by atoms with van der Waals surface area (Å²) in [5.41, 5.74) is 2.96. The number of aryl methyl sites for hydroxylation is 1. The molecule has 0 saturated heterocycles. The number of rotatable bonds is 4. The number of nitrogens with zero attached hydrogens (tertiary/aromatic N) is 1. The summed E-state index contributed by atoms with van der Waals surface area (Å²) in [4.78, 5) is 27.4. The third-order valence-corrected chi connectivity index (χ3v) is 5.61. The molecule has 0 radical (unpaired) electrons. The van der Waals surface area contributed by atoms with E-state index in [1.165, 1.54) is 6.08 Å². The maximum Gasteiger partial charge on any atom is 0.331 e. The Balaban J connectivity index is 1.60. The lowest BCUT2D eigenvalue weighted by Gasteiger charge is -2.22. The van der Waals surface area contributed by atoms with E-state index in [0.717, 1.165) is 28.1 Å². The zero-order chi connectivity index (χ0) is 19.2. The first kappa shape index (κ1) is 19.2. The predicted octanol–water partition coefficient (Wildman–Crippen LogP) is 4.47. The van der Waals surface area contributed by atoms with Crippen LogP contribution in [0, 0.1) is 6.92 Å². The van der Waals surface area contributed by atoms with E-state index in [1.54, 1.807) is 22.7 Å². The number of amides is 1. The number of anilines is 1. The van der Waals surface area contributed by atoms with Gasteiger partial charge in [-0.2, -0.15) is 0 Å². The van der Waals surface area contributed by atoms with Crippen molar-refractivity contribution in [2.75, 3.05) is 18.1 Å². The Bertz CT molecular complexity index is 845. The minimum Gasteiger partial charge on any atom is -0.452 e. The number of para-hydroxylation sites is 1. The van der Waals surface area contributed by atoms with Gasteiger partial charge in [0.25, 0.3) is 5.91 Å². The number of hydrogen-bond donors (Lipinski definition) is 0. The molecule has 1 amide bonds. The highest BCUT2D eigenvalue weighted by Gasteiger charge is 2.24. The van der Waals surface area contributed by atoms with Crippen LogP contribution in [0.4, 0.5) is 5.69 Å². The number of benzene rings is 2. The molecule has 3 rings (SSSR count). The maximum atomic E-state index is 12.7. The van der Waals surface area contributed by atoms with Gasteiger partial charge in [-0.25, -0.2) is 4.79 Å². The van der Waals surface area contributed by atoms with Crippen molar-refractivity contribution in [1.82, 2.24) is 0 Å². The molecular formula is C22H23NO3S. The molecule has 2 aromatic rings. The highest BCUT2D eigenvalue weighted by atomic mass is 32.2. The zero-order valence-electron chi connectivity index (χ0n) is 15.6. The topological polar surface area (TPSA) is 46.6 Å². The monoisotopic (exact) mass is 381 g/mol. The van der Waals surface area contributed by atoms with Crippen molar-refractivity contribution >= 4 is 35.4 Å². The summed E-state index contributed by atoms with van der Waals surface area (Å²) in [6.45, 7) is 4.53. The Morgan fingerprint density at radius 1 is 1.19 bits per heavy atom. The summed E-state index contributed by atoms with van der Waals surface area (Å²) in [6.07, 6.45) is 3.93. The molecule has 0 spiro atoms. The largest absolute Gasteiger partial charge is 0.452 e. The smallest absolute Gasteiger partial charge is 0.331 e. The molecule has 1 aliphatic heterocycles. The van der Waals surface area contributed by atoms with Gasteiger partial charge in [0.05, 0.1) is 5.69 Å². The normalized spacial score (nSPS) is 16.7. The highest BCUT2D eigenvalue weighted by Crippen LogP contribution is 2.37. The van der Waals surface area contributed by atoms with E-state index in [9.17, 15) is 9.59 Å². The van der Waals surface area contributed by atoms with Crippen LogP contribution in [0.1, 0.15) is 24.5 Å². The zero-order valence-corrected chi connectivity index (χ0v) is 16.4. The standard InChI is InChI=1S/C22H23NO3S/c1-16-7-9-18(10-8-16)11-12-22(25)26-15-21(24)23-14-13-17(2)27-20-6-4-3-5-19(20)23/h3-12,17H,13-15H2,1-2H3/b12-11+/t17-/m1/s1. The van der Waals surface area contributed by atoms with Gasteiger partial charge in [-0.1, -0.05) is 48.9 Å². The molecule has 0 aliphatic carbocycles. The Morgan fingerprint density at radius 2 is 1.93 bits per heavy atom. The lowest BCUT2D eigenvalue weighted by molar-refractivity contribution is -0.142. The first-order valence-corrected chi connectivity index (χ1v) is 9.88. The van der Waals surface area contributed by atoms with Gasteiger partial charge in [-0.15, -0.1) is 11.8 Å². The van der Waals surface area contributed by atoms with Crippen LogP contribution >= 0.6 is 11.8 Å². The number of ether oxygens (including phenoxy) is 1. The second kappa shape index (κ2) is 8.91. The third kappa shape index (κ3) is 5.23. The van der Waals surface area contributed by atoms with E-state index in [2.05, 4.69) is 6.92 Å². The van der Waals surface area contributed by atoms with Crippen molar-refractivity contribution in [2.24, 2.45) is 0 Å². The molecule has 0 fully saturated rings. The molecule has 0 N–H and O–H groups in total. The van der Waals surface area contributed by atoms with Crippen LogP contribution in [0.3, 0.4) is 0 Å². The molecule has 140 valence electrons. The summed E-state index contributed by atoms with van der Waals surface area (Å²) in [6, 6.07) is 15.7. The van der Waals surface area contributed by atoms with Gasteiger partial charge in [0.2, 0.25) is 0 Å². The van der Waals surface area contributed by atoms with Crippen LogP contribution in [0.25, 0.3) is 6.08 Å². The highest BCUT2D eigenvalue weighted by molar-refractivity contribution is 8.00. The molecule has 0 unspecified atom stereocenters. The second-order valence-corrected chi connectivity index (χ2v) is 8.06. The molecule has 0 saturated carbocycles. The molecule has 1 heterocycles. The SMILES string of the molecule is Cc1ccc(/C=C/C(=O)OCC(=O)N2CC[C@@H](C)Sc3ccccc32)cc1. The predicted molar refractivity (Wildman–Crippen MR) is 110 cm³/mol. The Hall–Kier alpha value is -2.53. The average molecular weight is 381 g/mol. The van der Waals surface area contributed by atoms with E-state index in [-0.39, 0.29) is 12.5 Å². The lowest BCUT2D eigenvalue weighted by Crippen LogP contribution is -2.35. The van der Waals surface area contributed by atoms with Crippen molar-refractivity contribution in [3.8, 4) is 0 Å². The minimum atomic E-state index is -0.519. The van der Waals surface area contributed by atoms with Gasteiger partial charge in [0.15, 0.2) is 6.61 Å². The van der Waals surface area contributed by atoms with Gasteiger partial charge in [-0.3, -0.25) is 4.79 Å². The van der Waals surface area contributed by atoms with E-state index < -0.39 is 5.97 Å². The molecule has 5 heteroatoms. The van der Waals surface area contributed by atoms with Crippen LogP contribution in [-0.2, 0) is 14.3 Å². The fraction of sp³-hybridized carbons (Fsp3) is 0.273. The van der Waals surface area contributed by atoms with Crippen molar-refractivity contribution < 1.29 is 14.3 Å². The van der Waals surface area contributed by atoms with E-state index in [4.69, 9.17) is 4.74 Å². The van der Waals surface area contributed by atoms with Crippen molar-refractivity contribution in [3.63, 3.8) is 0 Å². The number of thioether (sulfide) groups is 1. The Morgan fingerprint density at radius 3 is 2.70 bits per heavy atom. The number of hydrogen-bond acceptors (Lipinski definition) is 4. The molecular weight excluding hydrogens is 358 g/mol. The van der Waals surface area contributed by atoms with Crippen LogP contribution in [-0.4, -0.2) is 30.3 Å². The fourth-order valence-corrected chi connectivity index (χ4v) is 3.96. The quantitative estimate of drug-likeness (QED) is 0.579. The Kier molecular flexibility index (Phi) is 6.35. The van der Waals surface area contributed by atoms with Crippen LogP contribution in [0.2, 0.25) is 0 Å². The lowest BCUT2D eigenvalue weighted by atomic mass is 10.1. The van der Waals surface area contributed by atoms with E-state index in [1.807, 2.05) is 55.5 Å². The first-order chi connectivity index (χ1) is 13.0. The third-order valence-electron chi connectivity index (χ3n) is 4.37. The van der Waals surface area contributed by atoms with Crippen molar-refractivity contribution in [3.05, 3.63) is 65.7 Å². The van der Waals surface area contributed by atoms with Gasteiger partial charge in [0, 0.05) is 22.8 Å². The van der Waals surface area contributed by atoms with Gasteiger partial charge >= 0.3 is 5.97 Å². The van der Waals surface area contributed by atoms with E-state index >= 15 is 0 Å². The molecule has 2 aromatic carbocycles. The number of carbonyl (C=O) groups is 2. The van der Waals surface area contributed by atoms with Crippen LogP contribution in [0.15, 0.2) is 59.5 Å². The fourth-order valence-electron chi connectivity index (χ4n) is 2.85. The van der Waals surface area contributed by atoms with Gasteiger partial charge < -0.3 is 9.64 Å². The number of fused-ring (bicyclic) bond motifs is 1. The summed E-state index contributed by atoms with van der Waals surface area (Å²) in [7, 11) is 0. The van der Waals surface area contributed by atoms with Gasteiger partial charge in [0.1, 0.15) is 0 Å². The molecule has 27 heavy (non-hydrogen) atoms. The second-order valence-electron chi connectivity index (χ2n) is 6.58. The van der Waals surface area contributed by atoms with Crippen LogP contribution < -0.4 is 4.90 Å². The minimum absolute atomic E-state index is 0.200. The van der Waals surface area contributed by atoms with E-state index in [0.29, 0.717) is 11.8 Å². The summed E-state index contributed by atoms with van der Waals surface area (Å²) in [5.74, 6) is -0.719. The van der Waals surface area contributed by atoms with Crippen LogP contribution in [0.5, 0.6) is 0 Å².